The van der Waals surface area contributed by atoms with Crippen LogP contribution in [0.3, 0.4) is 0 Å². The average molecular weight is 315 g/mol. The third kappa shape index (κ3) is 2.75. The van der Waals surface area contributed by atoms with E-state index in [1.54, 1.807) is 0 Å². The summed E-state index contributed by atoms with van der Waals surface area (Å²) >= 11 is 3.33. The number of anilines is 1. The fourth-order valence-corrected chi connectivity index (χ4v) is 3.01. The maximum atomic E-state index is 11.6. The summed E-state index contributed by atoms with van der Waals surface area (Å²) in [5.74, 6) is 0.738. The smallest absolute Gasteiger partial charge is 0.267 e. The van der Waals surface area contributed by atoms with Crippen molar-refractivity contribution < 1.29 is 0 Å². The number of hydrogen-bond donors (Lipinski definition) is 2. The molecule has 1 fully saturated rings. The lowest BCUT2D eigenvalue weighted by atomic mass is 9.91. The lowest BCUT2D eigenvalue weighted by molar-refractivity contribution is 0.376. The Labute approximate surface area is 115 Å². The van der Waals surface area contributed by atoms with Gasteiger partial charge in [-0.2, -0.15) is 0 Å². The number of H-pyrrole nitrogens is 1. The summed E-state index contributed by atoms with van der Waals surface area (Å²) in [6.07, 6.45) is 5.68. The highest BCUT2D eigenvalue weighted by atomic mass is 79.9. The molecule has 0 radical (unpaired) electrons. The third-order valence-electron chi connectivity index (χ3n) is 3.57. The van der Waals surface area contributed by atoms with Gasteiger partial charge in [0.15, 0.2) is 5.82 Å². The fourth-order valence-electron chi connectivity index (χ4n) is 2.57. The van der Waals surface area contributed by atoms with Gasteiger partial charge < -0.3 is 15.6 Å². The van der Waals surface area contributed by atoms with Crippen LogP contribution in [-0.2, 0) is 0 Å². The van der Waals surface area contributed by atoms with Crippen LogP contribution in [0.5, 0.6) is 0 Å². The molecule has 1 aromatic heterocycles. The Kier molecular flexibility index (Phi) is 4.40. The number of nitrogens with zero attached hydrogens (tertiary/aromatic N) is 2. The molecule has 0 amide bonds. The molecule has 0 atom stereocenters. The molecule has 1 aromatic rings. The molecule has 3 N–H and O–H groups in total. The Morgan fingerprint density at radius 1 is 1.50 bits per heavy atom. The van der Waals surface area contributed by atoms with Crippen molar-refractivity contribution in [3.63, 3.8) is 0 Å². The molecule has 0 bridgehead atoms. The minimum absolute atomic E-state index is 0.133. The lowest BCUT2D eigenvalue weighted by Crippen LogP contribution is -2.42. The minimum Gasteiger partial charge on any atom is -0.353 e. The summed E-state index contributed by atoms with van der Waals surface area (Å²) < 4.78 is 0.515. The maximum absolute atomic E-state index is 11.6. The molecule has 1 saturated carbocycles. The number of halogens is 1. The van der Waals surface area contributed by atoms with Crippen LogP contribution in [0.15, 0.2) is 15.6 Å². The summed E-state index contributed by atoms with van der Waals surface area (Å²) in [7, 11) is 0. The number of nitrogens with two attached hydrogens (primary N) is 1. The Balaban J connectivity index is 2.23. The molecule has 1 heterocycles. The zero-order chi connectivity index (χ0) is 13.1. The van der Waals surface area contributed by atoms with Crippen molar-refractivity contribution >= 4 is 21.7 Å². The average Bonchev–Trinajstić information content (AvgIpc) is 2.37. The fraction of sp³-hybridized carbons (Fsp3) is 0.667. The van der Waals surface area contributed by atoms with Gasteiger partial charge >= 0.3 is 0 Å². The molecule has 5 nitrogen and oxygen atoms in total. The first-order chi connectivity index (χ1) is 8.63. The second-order valence-electron chi connectivity index (χ2n) is 4.72. The molecule has 0 unspecified atom stereocenters. The van der Waals surface area contributed by atoms with Gasteiger partial charge in [0.25, 0.3) is 5.56 Å². The second-order valence-corrected chi connectivity index (χ2v) is 5.52. The maximum Gasteiger partial charge on any atom is 0.267 e. The van der Waals surface area contributed by atoms with E-state index in [9.17, 15) is 4.79 Å². The largest absolute Gasteiger partial charge is 0.353 e. The Morgan fingerprint density at radius 2 is 2.17 bits per heavy atom. The molecule has 0 aromatic carbocycles. The second kappa shape index (κ2) is 5.84. The van der Waals surface area contributed by atoms with Crippen LogP contribution < -0.4 is 16.2 Å². The van der Waals surface area contributed by atoms with Gasteiger partial charge in [0.1, 0.15) is 4.47 Å². The third-order valence-corrected chi connectivity index (χ3v) is 4.29. The predicted octanol–water partition coefficient (Wildman–Crippen LogP) is 1.63. The van der Waals surface area contributed by atoms with Gasteiger partial charge in [0.05, 0.1) is 6.33 Å². The highest BCUT2D eigenvalue weighted by Crippen LogP contribution is 2.28. The molecule has 0 spiro atoms. The SMILES string of the molecule is CCN(c1nc[nH]c(=O)c1Br)C1CCC(N)CC1. The number of nitrogens with one attached hydrogen (secondary N) is 1. The summed E-state index contributed by atoms with van der Waals surface area (Å²) in [4.78, 5) is 20.7. The normalized spacial score (nSPS) is 23.9. The van der Waals surface area contributed by atoms with Crippen LogP contribution >= 0.6 is 15.9 Å². The molecule has 2 rings (SSSR count). The van der Waals surface area contributed by atoms with Crippen molar-refractivity contribution in [1.82, 2.24) is 9.97 Å². The van der Waals surface area contributed by atoms with Gasteiger partial charge in [-0.25, -0.2) is 4.98 Å². The number of hydrogen-bond acceptors (Lipinski definition) is 4. The van der Waals surface area contributed by atoms with Crippen LogP contribution in [-0.4, -0.2) is 28.6 Å². The van der Waals surface area contributed by atoms with Gasteiger partial charge in [-0.15, -0.1) is 0 Å². The van der Waals surface area contributed by atoms with E-state index >= 15 is 0 Å². The first-order valence-corrected chi connectivity index (χ1v) is 7.18. The standard InChI is InChI=1S/C12H19BrN4O/c1-2-17(9-5-3-8(14)4-6-9)11-10(13)12(18)16-7-15-11/h7-9H,2-6,14H2,1H3,(H,15,16,18). The predicted molar refractivity (Wildman–Crippen MR) is 75.8 cm³/mol. The molecule has 6 heteroatoms. The van der Waals surface area contributed by atoms with Gasteiger partial charge in [-0.1, -0.05) is 0 Å². The van der Waals surface area contributed by atoms with E-state index in [4.69, 9.17) is 5.73 Å². The van der Waals surface area contributed by atoms with Gasteiger partial charge in [0, 0.05) is 18.6 Å². The molecule has 1 aliphatic carbocycles. The molecular weight excluding hydrogens is 296 g/mol. The van der Waals surface area contributed by atoms with Crippen molar-refractivity contribution in [2.45, 2.75) is 44.7 Å². The van der Waals surface area contributed by atoms with Crippen LogP contribution in [0.4, 0.5) is 5.82 Å². The molecule has 0 saturated heterocycles. The number of rotatable bonds is 3. The quantitative estimate of drug-likeness (QED) is 0.889. The van der Waals surface area contributed by atoms with Crippen LogP contribution in [0.25, 0.3) is 0 Å². The van der Waals surface area contributed by atoms with Crippen molar-refractivity contribution in [1.29, 1.82) is 0 Å². The topological polar surface area (TPSA) is 75.0 Å². The molecule has 1 aliphatic rings. The Hall–Kier alpha value is -0.880. The van der Waals surface area contributed by atoms with Crippen molar-refractivity contribution in [3.8, 4) is 0 Å². The molecule has 100 valence electrons. The van der Waals surface area contributed by atoms with E-state index in [0.29, 0.717) is 16.6 Å². The zero-order valence-electron chi connectivity index (χ0n) is 10.5. The van der Waals surface area contributed by atoms with Crippen LogP contribution in [0.1, 0.15) is 32.6 Å². The Bertz CT molecular complexity index is 454. The van der Waals surface area contributed by atoms with Gasteiger partial charge in [0.2, 0.25) is 0 Å². The summed E-state index contributed by atoms with van der Waals surface area (Å²) in [6.45, 7) is 2.93. The van der Waals surface area contributed by atoms with E-state index in [2.05, 4.69) is 37.7 Å². The van der Waals surface area contributed by atoms with Crippen LogP contribution in [0.2, 0.25) is 0 Å². The van der Waals surface area contributed by atoms with Gasteiger partial charge in [-0.05, 0) is 48.5 Å². The van der Waals surface area contributed by atoms with E-state index < -0.39 is 0 Å². The van der Waals surface area contributed by atoms with Crippen molar-refractivity contribution in [2.75, 3.05) is 11.4 Å². The molecule has 0 aliphatic heterocycles. The molecule has 18 heavy (non-hydrogen) atoms. The van der Waals surface area contributed by atoms with E-state index in [1.165, 1.54) is 6.33 Å². The first-order valence-electron chi connectivity index (χ1n) is 6.39. The molecular formula is C12H19BrN4O. The monoisotopic (exact) mass is 314 g/mol. The summed E-state index contributed by atoms with van der Waals surface area (Å²) in [5.41, 5.74) is 5.80. The zero-order valence-corrected chi connectivity index (χ0v) is 12.1. The van der Waals surface area contributed by atoms with E-state index in [1.807, 2.05) is 0 Å². The van der Waals surface area contributed by atoms with E-state index in [0.717, 1.165) is 38.0 Å². The Morgan fingerprint density at radius 3 is 2.78 bits per heavy atom. The van der Waals surface area contributed by atoms with Gasteiger partial charge in [-0.3, -0.25) is 4.79 Å². The summed E-state index contributed by atoms with van der Waals surface area (Å²) in [5, 5.41) is 0. The number of aromatic amines is 1. The van der Waals surface area contributed by atoms with Crippen molar-refractivity contribution in [2.24, 2.45) is 5.73 Å². The van der Waals surface area contributed by atoms with Crippen LogP contribution in [0, 0.1) is 0 Å². The summed E-state index contributed by atoms with van der Waals surface area (Å²) in [6, 6.07) is 0.760. The highest BCUT2D eigenvalue weighted by molar-refractivity contribution is 9.10. The highest BCUT2D eigenvalue weighted by Gasteiger charge is 2.25. The number of aromatic nitrogens is 2. The first kappa shape index (κ1) is 13.5. The lowest BCUT2D eigenvalue weighted by Gasteiger charge is -2.36. The van der Waals surface area contributed by atoms with E-state index in [-0.39, 0.29) is 5.56 Å². The minimum atomic E-state index is -0.133. The van der Waals surface area contributed by atoms with Crippen molar-refractivity contribution in [3.05, 3.63) is 21.2 Å².